The molecule has 2 heterocycles. The van der Waals surface area contributed by atoms with Gasteiger partial charge in [-0.2, -0.15) is 0 Å². The van der Waals surface area contributed by atoms with E-state index in [1.54, 1.807) is 91.2 Å². The number of anilines is 2. The fraction of sp³-hybridized carbons (Fsp3) is 0.364. The molecule has 0 unspecified atom stereocenters. The number of methoxy groups -OCH3 is 6. The van der Waals surface area contributed by atoms with E-state index in [9.17, 15) is 19.0 Å². The first-order chi connectivity index (χ1) is 42.3. The highest BCUT2D eigenvalue weighted by Crippen LogP contribution is 2.35. The van der Waals surface area contributed by atoms with Crippen LogP contribution in [0.4, 0.5) is 20.2 Å². The van der Waals surface area contributed by atoms with Gasteiger partial charge >= 0.3 is 0 Å². The second kappa shape index (κ2) is 36.7. The molecule has 464 valence electrons. The summed E-state index contributed by atoms with van der Waals surface area (Å²) in [7, 11) is 9.52. The Balaban J connectivity index is 0.000000259. The van der Waals surface area contributed by atoms with Crippen molar-refractivity contribution in [3.8, 4) is 91.3 Å². The minimum Gasteiger partial charge on any atom is -0.507 e. The van der Waals surface area contributed by atoms with E-state index in [2.05, 4.69) is 39.4 Å². The normalized spacial score (nSPS) is 11.1. The third kappa shape index (κ3) is 21.6. The first kappa shape index (κ1) is 67.8. The van der Waals surface area contributed by atoms with E-state index >= 15 is 0 Å². The van der Waals surface area contributed by atoms with Crippen molar-refractivity contribution in [1.29, 1.82) is 0 Å². The molecule has 0 saturated carbocycles. The van der Waals surface area contributed by atoms with Gasteiger partial charge in [0.15, 0.2) is 53.8 Å². The van der Waals surface area contributed by atoms with E-state index in [-0.39, 0.29) is 47.8 Å². The lowest BCUT2D eigenvalue weighted by Gasteiger charge is -2.15. The van der Waals surface area contributed by atoms with E-state index in [0.717, 1.165) is 54.6 Å². The second-order valence-electron chi connectivity index (χ2n) is 19.7. The van der Waals surface area contributed by atoms with Crippen molar-refractivity contribution in [2.45, 2.75) is 84.1 Å². The van der Waals surface area contributed by atoms with Gasteiger partial charge in [-0.3, -0.25) is 0 Å². The molecule has 0 atom stereocenters. The van der Waals surface area contributed by atoms with Gasteiger partial charge in [0.2, 0.25) is 0 Å². The molecule has 8 rings (SSSR count). The Hall–Kier alpha value is -8.28. The first-order valence-electron chi connectivity index (χ1n) is 28.9. The van der Waals surface area contributed by atoms with E-state index in [1.165, 1.54) is 49.6 Å². The molecule has 0 bridgehead atoms. The highest BCUT2D eigenvalue weighted by atomic mass is 19.1. The fourth-order valence-corrected chi connectivity index (χ4v) is 8.42. The van der Waals surface area contributed by atoms with Crippen LogP contribution in [0.5, 0.6) is 23.0 Å². The van der Waals surface area contributed by atoms with Crippen LogP contribution in [0.2, 0.25) is 0 Å². The molecule has 2 aromatic heterocycles. The number of hydrogen-bond acceptors (Lipinski definition) is 19. The van der Waals surface area contributed by atoms with Crippen LogP contribution in [0.1, 0.15) is 65.2 Å². The topological polar surface area (TPSA) is 242 Å². The first-order valence-corrected chi connectivity index (χ1v) is 28.9. The standard InChI is InChI=1S/C35H45N5O6.C27H25F2N3O2.C4H11NO2/c1-6-7-8-9-20-46-28-18-19-29(30(41)21-28)35-39-33(24-10-14-26(15-11-24)36-22-31(42-2)43-3)38-34(40-35)25-12-16-27(17-13-25)37-23-32(44-4)45-5;1-2-3-4-5-16-34-22-14-15-23(24(33)17-22)27-31-25(18-6-10-20(28)11-7-18)30-26(32-27)19-8-12-21(29)13-9-19;1-6-4(3-5)7-2/h10-19,21,31-32,36-37,41H,6-9,20,22-23H2,1-5H3;6-15,17,33H,2-5,16H2,1H3;4H,3,5H2,1-2H3. The van der Waals surface area contributed by atoms with Crippen LogP contribution >= 0.6 is 0 Å². The number of nitrogens with zero attached hydrogens (tertiary/aromatic N) is 6. The maximum atomic E-state index is 13.4. The molecule has 0 saturated heterocycles. The predicted molar refractivity (Wildman–Crippen MR) is 334 cm³/mol. The summed E-state index contributed by atoms with van der Waals surface area (Å²) < 4.78 is 68.9. The Morgan fingerprint density at radius 3 is 0.989 bits per heavy atom. The molecule has 0 spiro atoms. The van der Waals surface area contributed by atoms with Crippen LogP contribution in [0.15, 0.2) is 133 Å². The Labute approximate surface area is 508 Å². The average molecular weight is 1200 g/mol. The van der Waals surface area contributed by atoms with E-state index in [1.807, 2.05) is 54.6 Å². The molecule has 0 radical (unpaired) electrons. The van der Waals surface area contributed by atoms with Crippen molar-refractivity contribution in [3.05, 3.63) is 145 Å². The van der Waals surface area contributed by atoms with Gasteiger partial charge in [-0.15, -0.1) is 0 Å². The lowest BCUT2D eigenvalue weighted by Crippen LogP contribution is -2.23. The van der Waals surface area contributed by atoms with Crippen LogP contribution in [0.3, 0.4) is 0 Å². The smallest absolute Gasteiger partial charge is 0.173 e. The van der Waals surface area contributed by atoms with Crippen LogP contribution in [-0.2, 0) is 28.4 Å². The van der Waals surface area contributed by atoms with Crippen molar-refractivity contribution in [1.82, 2.24) is 29.9 Å². The third-order valence-corrected chi connectivity index (χ3v) is 13.4. The number of nitrogens with one attached hydrogen (secondary N) is 2. The number of aromatic nitrogens is 6. The fourth-order valence-electron chi connectivity index (χ4n) is 8.42. The van der Waals surface area contributed by atoms with Crippen LogP contribution in [0, 0.1) is 11.6 Å². The van der Waals surface area contributed by atoms with Crippen molar-refractivity contribution >= 4 is 11.4 Å². The molecule has 0 aliphatic rings. The summed E-state index contributed by atoms with van der Waals surface area (Å²) in [4.78, 5) is 27.9. The molecule has 87 heavy (non-hydrogen) atoms. The predicted octanol–water partition coefficient (Wildman–Crippen LogP) is 13.0. The van der Waals surface area contributed by atoms with Gasteiger partial charge in [0.1, 0.15) is 34.6 Å². The highest BCUT2D eigenvalue weighted by molar-refractivity contribution is 5.73. The molecule has 6 aromatic carbocycles. The van der Waals surface area contributed by atoms with Gasteiger partial charge in [0.25, 0.3) is 0 Å². The molecular formula is C66H81F2N9O10. The van der Waals surface area contributed by atoms with Crippen molar-refractivity contribution < 1.29 is 56.9 Å². The summed E-state index contributed by atoms with van der Waals surface area (Å²) in [5.41, 5.74) is 10.6. The van der Waals surface area contributed by atoms with Gasteiger partial charge in [0.05, 0.1) is 37.4 Å². The molecule has 0 amide bonds. The summed E-state index contributed by atoms with van der Waals surface area (Å²) >= 11 is 0. The largest absolute Gasteiger partial charge is 0.507 e. The molecule has 0 aliphatic heterocycles. The lowest BCUT2D eigenvalue weighted by molar-refractivity contribution is -0.0940. The van der Waals surface area contributed by atoms with Gasteiger partial charge in [-0.1, -0.05) is 52.4 Å². The molecule has 8 aromatic rings. The zero-order chi connectivity index (χ0) is 62.3. The average Bonchev–Trinajstić information content (AvgIpc) is 3.46. The van der Waals surface area contributed by atoms with E-state index < -0.39 is 0 Å². The Bertz CT molecular complexity index is 3120. The molecular weight excluding hydrogens is 1120 g/mol. The van der Waals surface area contributed by atoms with E-state index in [0.29, 0.717) is 95.7 Å². The summed E-state index contributed by atoms with van der Waals surface area (Å²) in [6.07, 6.45) is 7.85. The molecule has 0 fully saturated rings. The van der Waals surface area contributed by atoms with E-state index in [4.69, 9.17) is 58.6 Å². The summed E-state index contributed by atoms with van der Waals surface area (Å²) in [5, 5.41) is 28.3. The number of benzene rings is 6. The summed E-state index contributed by atoms with van der Waals surface area (Å²) in [5.74, 6) is 2.55. The third-order valence-electron chi connectivity index (χ3n) is 13.4. The van der Waals surface area contributed by atoms with Gasteiger partial charge in [-0.05, 0) is 134 Å². The number of nitrogens with two attached hydrogens (primary N) is 1. The zero-order valence-corrected chi connectivity index (χ0v) is 50.8. The van der Waals surface area contributed by atoms with Crippen LogP contribution < -0.4 is 25.8 Å². The van der Waals surface area contributed by atoms with Gasteiger partial charge < -0.3 is 64.5 Å². The molecule has 19 nitrogen and oxygen atoms in total. The summed E-state index contributed by atoms with van der Waals surface area (Å²) in [6.45, 7) is 6.91. The van der Waals surface area contributed by atoms with Crippen molar-refractivity contribution in [3.63, 3.8) is 0 Å². The number of ether oxygens (including phenoxy) is 8. The number of unbranched alkanes of at least 4 members (excludes halogenated alkanes) is 6. The van der Waals surface area contributed by atoms with Crippen LogP contribution in [-0.4, -0.2) is 134 Å². The van der Waals surface area contributed by atoms with Crippen molar-refractivity contribution in [2.24, 2.45) is 5.73 Å². The minimum absolute atomic E-state index is 0.0323. The molecule has 0 aliphatic carbocycles. The number of aromatic hydroxyl groups is 2. The molecule has 21 heteroatoms. The number of rotatable bonds is 31. The monoisotopic (exact) mass is 1200 g/mol. The second-order valence-corrected chi connectivity index (χ2v) is 19.7. The van der Waals surface area contributed by atoms with Gasteiger partial charge in [-0.25, -0.2) is 38.7 Å². The molecule has 6 N–H and O–H groups in total. The SMILES string of the molecule is CCCCCCOc1ccc(-c2nc(-c3ccc(F)cc3)nc(-c3ccc(F)cc3)n2)c(O)c1.CCCCCCOc1ccc(-c2nc(-c3ccc(NCC(OC)OC)cc3)nc(-c3ccc(NCC(OC)OC)cc3)n2)c(O)c1.COC(CN)OC. The lowest BCUT2D eigenvalue weighted by atomic mass is 10.1. The zero-order valence-electron chi connectivity index (χ0n) is 50.8. The number of phenols is 2. The highest BCUT2D eigenvalue weighted by Gasteiger charge is 2.19. The van der Waals surface area contributed by atoms with Crippen LogP contribution in [0.25, 0.3) is 68.3 Å². The quantitative estimate of drug-likeness (QED) is 0.0200. The maximum Gasteiger partial charge on any atom is 0.173 e. The van der Waals surface area contributed by atoms with Crippen molar-refractivity contribution in [2.75, 3.05) is 86.1 Å². The minimum atomic E-state index is -0.375. The summed E-state index contributed by atoms with van der Waals surface area (Å²) in [6, 6.07) is 37.3. The Kier molecular flexibility index (Phi) is 28.6. The number of hydrogen-bond donors (Lipinski definition) is 5. The van der Waals surface area contributed by atoms with Gasteiger partial charge in [0, 0.05) is 95.0 Å². The maximum absolute atomic E-state index is 13.4. The number of halogens is 2. The number of phenolic OH excluding ortho intramolecular Hbond substituents is 2. The Morgan fingerprint density at radius 1 is 0.402 bits per heavy atom. The Morgan fingerprint density at radius 2 is 0.713 bits per heavy atom.